The molecule has 0 bridgehead atoms. The molecule has 0 amide bonds. The molecule has 0 aromatic heterocycles. The van der Waals surface area contributed by atoms with Gasteiger partial charge in [-0.15, -0.1) is 4.31 Å². The Morgan fingerprint density at radius 1 is 1.40 bits per heavy atom. The number of nitrogens with zero attached hydrogens (tertiary/aromatic N) is 1. The van der Waals surface area contributed by atoms with Crippen LogP contribution in [0.1, 0.15) is 46.2 Å². The number of hydrogen-bond donors (Lipinski definition) is 0. The van der Waals surface area contributed by atoms with Crippen molar-refractivity contribution in [3.8, 4) is 5.75 Å². The predicted molar refractivity (Wildman–Crippen MR) is 89.4 cm³/mol. The van der Waals surface area contributed by atoms with Crippen molar-refractivity contribution in [1.29, 1.82) is 0 Å². The number of methoxy groups -OCH3 is 1. The lowest BCUT2D eigenvalue weighted by Gasteiger charge is -2.35. The molecule has 0 saturated carbocycles. The first kappa shape index (κ1) is 17.8. The number of rotatable bonds is 5. The molecule has 0 spiro atoms. The summed E-state index contributed by atoms with van der Waals surface area (Å²) >= 11 is 2.47. The Morgan fingerprint density at radius 2 is 2.00 bits per heavy atom. The quantitative estimate of drug-likeness (QED) is 0.733. The lowest BCUT2D eigenvalue weighted by Crippen LogP contribution is -2.44. The average Bonchev–Trinajstić information content (AvgIpc) is 2.38. The topological polar surface area (TPSA) is 35.5 Å². The Labute approximate surface area is 134 Å². The molecule has 5 heteroatoms. The largest absolute Gasteiger partial charge is 0.597 e. The summed E-state index contributed by atoms with van der Waals surface area (Å²) in [4.78, 5) is 0. The summed E-state index contributed by atoms with van der Waals surface area (Å²) in [6, 6.07) is 6.08. The van der Waals surface area contributed by atoms with Crippen LogP contribution in [0, 0.1) is 0 Å². The van der Waals surface area contributed by atoms with Crippen molar-refractivity contribution in [3.05, 3.63) is 28.2 Å². The van der Waals surface area contributed by atoms with Crippen LogP contribution in [-0.4, -0.2) is 27.3 Å². The predicted octanol–water partition coefficient (Wildman–Crippen LogP) is 4.30. The van der Waals surface area contributed by atoms with Gasteiger partial charge in [-0.25, -0.2) is 0 Å². The summed E-state index contributed by atoms with van der Waals surface area (Å²) in [5, 5.41) is 0. The van der Waals surface area contributed by atoms with Gasteiger partial charge in [0.25, 0.3) is 0 Å². The Bertz CT molecular complexity index is 448. The van der Waals surface area contributed by atoms with E-state index in [1.807, 2.05) is 50.2 Å². The number of benzene rings is 1. The van der Waals surface area contributed by atoms with E-state index in [1.54, 1.807) is 7.11 Å². The summed E-state index contributed by atoms with van der Waals surface area (Å²) < 4.78 is 20.6. The van der Waals surface area contributed by atoms with Crippen molar-refractivity contribution in [2.24, 2.45) is 0 Å². The highest BCUT2D eigenvalue weighted by Crippen LogP contribution is 2.33. The van der Waals surface area contributed by atoms with Crippen molar-refractivity contribution >= 4 is 27.3 Å². The fraction of sp³-hybridized carbons (Fsp3) is 0.600. The third-order valence-corrected chi connectivity index (χ3v) is 5.81. The van der Waals surface area contributed by atoms with Crippen LogP contribution in [0.4, 0.5) is 0 Å². The fourth-order valence-corrected chi connectivity index (χ4v) is 3.90. The standard InChI is InChI=1S/C15H24BrNO2S/c1-7-17(20(18)15(3,4)5)11(2)12-8-9-14(19-6)13(16)10-12/h8-11H,7H2,1-6H3/t11?,20-/m0/s1. The van der Waals surface area contributed by atoms with Crippen molar-refractivity contribution in [2.75, 3.05) is 13.7 Å². The Balaban J connectivity index is 3.02. The smallest absolute Gasteiger partial charge is 0.137 e. The average molecular weight is 362 g/mol. The molecule has 0 radical (unpaired) electrons. The van der Waals surface area contributed by atoms with Crippen LogP contribution in [0.5, 0.6) is 5.75 Å². The fourth-order valence-electron chi connectivity index (χ4n) is 2.00. The van der Waals surface area contributed by atoms with Crippen molar-refractivity contribution in [1.82, 2.24) is 4.31 Å². The molecule has 1 rings (SSSR count). The van der Waals surface area contributed by atoms with Crippen LogP contribution in [-0.2, 0) is 11.4 Å². The molecule has 0 N–H and O–H groups in total. The van der Waals surface area contributed by atoms with E-state index < -0.39 is 11.4 Å². The van der Waals surface area contributed by atoms with E-state index in [1.165, 1.54) is 0 Å². The van der Waals surface area contributed by atoms with Crippen LogP contribution < -0.4 is 4.74 Å². The number of hydrogen-bond acceptors (Lipinski definition) is 3. The van der Waals surface area contributed by atoms with E-state index in [9.17, 15) is 4.55 Å². The lowest BCUT2D eigenvalue weighted by atomic mass is 10.1. The van der Waals surface area contributed by atoms with Crippen LogP contribution in [0.3, 0.4) is 0 Å². The maximum Gasteiger partial charge on any atom is 0.137 e. The van der Waals surface area contributed by atoms with Gasteiger partial charge in [-0.05, 0) is 68.2 Å². The molecule has 0 fully saturated rings. The molecule has 3 nitrogen and oxygen atoms in total. The highest BCUT2D eigenvalue weighted by Gasteiger charge is 2.35. The molecular weight excluding hydrogens is 338 g/mol. The second kappa shape index (κ2) is 7.16. The molecule has 1 aromatic rings. The van der Waals surface area contributed by atoms with E-state index in [0.717, 1.165) is 22.3 Å². The summed E-state index contributed by atoms with van der Waals surface area (Å²) in [7, 11) is 1.65. The van der Waals surface area contributed by atoms with Gasteiger partial charge in [0, 0.05) is 17.9 Å². The van der Waals surface area contributed by atoms with E-state index in [-0.39, 0.29) is 10.8 Å². The van der Waals surface area contributed by atoms with Crippen LogP contribution in [0.2, 0.25) is 0 Å². The normalized spacial score (nSPS) is 15.2. The molecular formula is C15H24BrNO2S. The van der Waals surface area contributed by atoms with Crippen LogP contribution in [0.25, 0.3) is 0 Å². The maximum atomic E-state index is 12.6. The van der Waals surface area contributed by atoms with Crippen molar-refractivity contribution in [3.63, 3.8) is 0 Å². The SMILES string of the molecule is CCN(C(C)c1ccc(OC)c(Br)c1)[S@@+]([O-])C(C)(C)C. The highest BCUT2D eigenvalue weighted by molar-refractivity contribution is 9.10. The summed E-state index contributed by atoms with van der Waals surface area (Å²) in [5.41, 5.74) is 1.12. The molecule has 114 valence electrons. The minimum Gasteiger partial charge on any atom is -0.597 e. The van der Waals surface area contributed by atoms with Crippen LogP contribution in [0.15, 0.2) is 22.7 Å². The van der Waals surface area contributed by atoms with Crippen molar-refractivity contribution < 1.29 is 9.29 Å². The minimum absolute atomic E-state index is 0.0854. The second-order valence-corrected chi connectivity index (χ2v) is 8.71. The molecule has 0 aliphatic rings. The van der Waals surface area contributed by atoms with Gasteiger partial charge >= 0.3 is 0 Å². The van der Waals surface area contributed by atoms with Gasteiger partial charge < -0.3 is 9.29 Å². The number of halogens is 1. The molecule has 0 aliphatic carbocycles. The Morgan fingerprint density at radius 3 is 2.40 bits per heavy atom. The molecule has 0 aliphatic heterocycles. The van der Waals surface area contributed by atoms with Gasteiger partial charge in [0.1, 0.15) is 10.5 Å². The first-order chi connectivity index (χ1) is 9.22. The zero-order valence-electron chi connectivity index (χ0n) is 13.1. The van der Waals surface area contributed by atoms with Gasteiger partial charge in [0.2, 0.25) is 0 Å². The zero-order chi connectivity index (χ0) is 15.5. The van der Waals surface area contributed by atoms with Gasteiger partial charge in [-0.3, -0.25) is 0 Å². The molecule has 1 aromatic carbocycles. The maximum absolute atomic E-state index is 12.6. The number of ether oxygens (including phenoxy) is 1. The van der Waals surface area contributed by atoms with Gasteiger partial charge in [-0.2, -0.15) is 0 Å². The molecule has 0 heterocycles. The summed E-state index contributed by atoms with van der Waals surface area (Å²) in [6.45, 7) is 10.9. The van der Waals surface area contributed by atoms with Crippen LogP contribution >= 0.6 is 15.9 Å². The highest BCUT2D eigenvalue weighted by atomic mass is 79.9. The first-order valence-electron chi connectivity index (χ1n) is 6.74. The second-order valence-electron chi connectivity index (χ2n) is 5.66. The third-order valence-electron chi connectivity index (χ3n) is 3.14. The summed E-state index contributed by atoms with van der Waals surface area (Å²) in [6.07, 6.45) is 0. The zero-order valence-corrected chi connectivity index (χ0v) is 15.5. The summed E-state index contributed by atoms with van der Waals surface area (Å²) in [5.74, 6) is 0.806. The van der Waals surface area contributed by atoms with E-state index in [4.69, 9.17) is 4.74 Å². The molecule has 1 unspecified atom stereocenters. The van der Waals surface area contributed by atoms with Crippen molar-refractivity contribution in [2.45, 2.75) is 45.4 Å². The first-order valence-corrected chi connectivity index (χ1v) is 8.64. The monoisotopic (exact) mass is 361 g/mol. The van der Waals surface area contributed by atoms with Gasteiger partial charge in [0.15, 0.2) is 0 Å². The van der Waals surface area contributed by atoms with Gasteiger partial charge in [-0.1, -0.05) is 6.07 Å². The molecule has 0 saturated heterocycles. The van der Waals surface area contributed by atoms with E-state index >= 15 is 0 Å². The lowest BCUT2D eigenvalue weighted by molar-refractivity contribution is 0.344. The van der Waals surface area contributed by atoms with E-state index in [2.05, 4.69) is 22.9 Å². The van der Waals surface area contributed by atoms with E-state index in [0.29, 0.717) is 0 Å². The Hall–Kier alpha value is -0.230. The minimum atomic E-state index is -1.03. The molecule has 20 heavy (non-hydrogen) atoms. The Kier molecular flexibility index (Phi) is 6.38. The third kappa shape index (κ3) is 4.13. The molecule has 2 atom stereocenters. The van der Waals surface area contributed by atoms with Gasteiger partial charge in [0.05, 0.1) is 17.6 Å².